The Bertz CT molecular complexity index is 2180. The number of nitrogens with one attached hydrogen (secondary N) is 1. The molecule has 2 aromatic rings. The Hall–Kier alpha value is -5.06. The molecule has 2 saturated heterocycles. The molecule has 11 nitrogen and oxygen atoms in total. The number of aliphatic imine (C=N–C) groups is 2. The van der Waals surface area contributed by atoms with Crippen molar-refractivity contribution in [3.8, 4) is 11.1 Å². The second kappa shape index (κ2) is 17.7. The van der Waals surface area contributed by atoms with Gasteiger partial charge in [-0.3, -0.25) is 24.4 Å². The van der Waals surface area contributed by atoms with Crippen LogP contribution in [-0.2, 0) is 23.9 Å². The van der Waals surface area contributed by atoms with Crippen molar-refractivity contribution in [3.05, 3.63) is 71.1 Å². The van der Waals surface area contributed by atoms with E-state index in [9.17, 15) is 19.2 Å². The van der Waals surface area contributed by atoms with Crippen molar-refractivity contribution in [1.29, 1.82) is 0 Å². The van der Waals surface area contributed by atoms with E-state index in [-0.39, 0.29) is 48.1 Å². The zero-order chi connectivity index (χ0) is 43.1. The van der Waals surface area contributed by atoms with Crippen LogP contribution >= 0.6 is 0 Å². The Morgan fingerprint density at radius 3 is 1.93 bits per heavy atom. The summed E-state index contributed by atoms with van der Waals surface area (Å²) in [4.78, 5) is 65.7. The Labute approximate surface area is 361 Å². The van der Waals surface area contributed by atoms with Crippen LogP contribution in [0.2, 0.25) is 0 Å². The molecule has 3 fully saturated rings. The molecule has 4 heterocycles. The summed E-state index contributed by atoms with van der Waals surface area (Å²) in [6, 6.07) is 12.8. The lowest BCUT2D eigenvalue weighted by molar-refractivity contribution is -0.148. The molecule has 0 radical (unpaired) electrons. The molecule has 4 aliphatic heterocycles. The normalized spacial score (nSPS) is 25.2. The molecule has 3 amide bonds. The highest BCUT2D eigenvalue weighted by molar-refractivity contribution is 6.05. The Morgan fingerprint density at radius 2 is 1.31 bits per heavy atom. The highest BCUT2D eigenvalue weighted by atomic mass is 16.5. The van der Waals surface area contributed by atoms with E-state index < -0.39 is 18.1 Å². The summed E-state index contributed by atoms with van der Waals surface area (Å²) in [5, 5.41) is 2.75. The van der Waals surface area contributed by atoms with Gasteiger partial charge in [-0.1, -0.05) is 77.4 Å². The molecular weight excluding hydrogens is 767 g/mol. The van der Waals surface area contributed by atoms with Gasteiger partial charge in [-0.25, -0.2) is 4.79 Å². The van der Waals surface area contributed by atoms with Crippen LogP contribution in [0.3, 0.4) is 0 Å². The molecule has 1 N–H and O–H groups in total. The third-order valence-corrected chi connectivity index (χ3v) is 14.7. The third-order valence-electron chi connectivity index (χ3n) is 14.7. The molecule has 324 valence electrons. The SMILES string of the molecule is COC(=O)C[C@H](C(=O)N1CCC[C@H]1C1=NC=C(c2ccc(-c3ccc(C4=CN=C([C@@H]5CCCN5C(=O)[C@@H](NC(=O)OC)C(C)C)C4)cc3)c3c2C(C)C2CCCC32)C1)C(C)C. The van der Waals surface area contributed by atoms with Crippen LogP contribution in [0.1, 0.15) is 133 Å². The summed E-state index contributed by atoms with van der Waals surface area (Å²) in [7, 11) is 2.70. The monoisotopic (exact) mass is 829 g/mol. The number of carbonyl (C=O) groups is 4. The molecule has 3 unspecified atom stereocenters. The number of amides is 3. The van der Waals surface area contributed by atoms with E-state index in [1.807, 2.05) is 43.7 Å². The van der Waals surface area contributed by atoms with E-state index in [2.05, 4.69) is 54.8 Å². The first-order valence-electron chi connectivity index (χ1n) is 22.7. The van der Waals surface area contributed by atoms with Gasteiger partial charge in [0.25, 0.3) is 0 Å². The van der Waals surface area contributed by atoms with Crippen molar-refractivity contribution >= 4 is 46.4 Å². The summed E-state index contributed by atoms with van der Waals surface area (Å²) >= 11 is 0. The van der Waals surface area contributed by atoms with Gasteiger partial charge < -0.3 is 24.6 Å². The standard InChI is InChI=1S/C50H63N5O6/c1-28(2)39(25-44(56)60-6)48(57)54-21-9-13-42(54)41-24-34(27-52-41)37-20-19-36(46-38-12-8-11-35(38)30(5)45(37)46)32-17-15-31(16-18-32)33-23-40(51-26-33)43-14-10-22-55(43)49(58)47(29(3)4)53-50(59)61-7/h15-20,26-30,35,38-39,42-43,47H,8-14,21-25H2,1-7H3,(H,53,59)/t30?,35?,38?,39-,42-,43-,47-/m0/s1. The van der Waals surface area contributed by atoms with Crippen LogP contribution < -0.4 is 5.32 Å². The lowest BCUT2D eigenvalue weighted by atomic mass is 9.84. The highest BCUT2D eigenvalue weighted by Crippen LogP contribution is 2.59. The number of nitrogens with zero attached hydrogens (tertiary/aromatic N) is 4. The van der Waals surface area contributed by atoms with Gasteiger partial charge >= 0.3 is 12.1 Å². The fourth-order valence-corrected chi connectivity index (χ4v) is 11.4. The summed E-state index contributed by atoms with van der Waals surface area (Å²) in [6.07, 6.45) is 12.2. The number of benzene rings is 2. The zero-order valence-electron chi connectivity index (χ0n) is 37.0. The lowest BCUT2D eigenvalue weighted by Gasteiger charge is -2.31. The van der Waals surface area contributed by atoms with E-state index >= 15 is 0 Å². The topological polar surface area (TPSA) is 130 Å². The van der Waals surface area contributed by atoms with Crippen LogP contribution in [0.15, 0.2) is 58.8 Å². The quantitative estimate of drug-likeness (QED) is 0.213. The number of rotatable bonds is 12. The Kier molecular flexibility index (Phi) is 12.4. The molecule has 8 rings (SSSR count). The summed E-state index contributed by atoms with van der Waals surface area (Å²) in [6.45, 7) is 11.6. The molecule has 1 saturated carbocycles. The second-order valence-corrected chi connectivity index (χ2v) is 18.8. The second-order valence-electron chi connectivity index (χ2n) is 18.8. The van der Waals surface area contributed by atoms with Gasteiger partial charge in [-0.05, 0) is 113 Å². The van der Waals surface area contributed by atoms with Gasteiger partial charge in [0.1, 0.15) is 6.04 Å². The van der Waals surface area contributed by atoms with Gasteiger partial charge in [-0.2, -0.15) is 0 Å². The van der Waals surface area contributed by atoms with E-state index in [4.69, 9.17) is 19.5 Å². The first-order chi connectivity index (χ1) is 29.4. The number of hydrogen-bond donors (Lipinski definition) is 1. The fourth-order valence-electron chi connectivity index (χ4n) is 11.4. The molecule has 0 spiro atoms. The molecule has 0 bridgehead atoms. The van der Waals surface area contributed by atoms with Crippen LogP contribution in [0.25, 0.3) is 22.3 Å². The van der Waals surface area contributed by atoms with E-state index in [1.54, 1.807) is 0 Å². The van der Waals surface area contributed by atoms with Crippen LogP contribution in [0, 0.1) is 23.7 Å². The van der Waals surface area contributed by atoms with Crippen molar-refractivity contribution in [1.82, 2.24) is 15.1 Å². The Morgan fingerprint density at radius 1 is 0.705 bits per heavy atom. The van der Waals surface area contributed by atoms with Gasteiger partial charge in [-0.15, -0.1) is 0 Å². The number of ether oxygens (including phenoxy) is 2. The average molecular weight is 830 g/mol. The average Bonchev–Trinajstić information content (AvgIpc) is 4.12. The number of alkyl carbamates (subject to hydrolysis) is 1. The van der Waals surface area contributed by atoms with Crippen LogP contribution in [0.5, 0.6) is 0 Å². The van der Waals surface area contributed by atoms with Crippen LogP contribution in [-0.4, -0.2) is 90.5 Å². The first-order valence-corrected chi connectivity index (χ1v) is 22.7. The maximum absolute atomic E-state index is 13.9. The molecule has 61 heavy (non-hydrogen) atoms. The molecule has 7 atom stereocenters. The first kappa shape index (κ1) is 42.6. The molecule has 2 aromatic carbocycles. The molecule has 0 aromatic heterocycles. The lowest BCUT2D eigenvalue weighted by Crippen LogP contribution is -2.53. The minimum Gasteiger partial charge on any atom is -0.469 e. The number of carbonyl (C=O) groups excluding carboxylic acids is 4. The van der Waals surface area contributed by atoms with Crippen LogP contribution in [0.4, 0.5) is 4.79 Å². The predicted octanol–water partition coefficient (Wildman–Crippen LogP) is 8.92. The number of esters is 1. The van der Waals surface area contributed by atoms with Gasteiger partial charge in [0.2, 0.25) is 11.8 Å². The summed E-state index contributed by atoms with van der Waals surface area (Å²) in [5.41, 5.74) is 12.4. The minimum absolute atomic E-state index is 0.0291. The smallest absolute Gasteiger partial charge is 0.407 e. The van der Waals surface area contributed by atoms with Gasteiger partial charge in [0.15, 0.2) is 0 Å². The Balaban J connectivity index is 0.981. The fraction of sp³-hybridized carbons (Fsp3) is 0.560. The molecule has 2 aliphatic carbocycles. The third kappa shape index (κ3) is 8.09. The molecular formula is C50H63N5O6. The van der Waals surface area contributed by atoms with E-state index in [0.29, 0.717) is 37.3 Å². The number of methoxy groups -OCH3 is 2. The van der Waals surface area contributed by atoms with E-state index in [1.165, 1.54) is 66.9 Å². The van der Waals surface area contributed by atoms with Gasteiger partial charge in [0, 0.05) is 49.8 Å². The summed E-state index contributed by atoms with van der Waals surface area (Å²) < 4.78 is 9.76. The molecule has 11 heteroatoms. The number of fused-ring (bicyclic) bond motifs is 3. The zero-order valence-corrected chi connectivity index (χ0v) is 37.0. The maximum atomic E-state index is 13.9. The predicted molar refractivity (Wildman–Crippen MR) is 239 cm³/mol. The van der Waals surface area contributed by atoms with E-state index in [0.717, 1.165) is 54.7 Å². The van der Waals surface area contributed by atoms with Crippen molar-refractivity contribution in [2.45, 2.75) is 129 Å². The van der Waals surface area contributed by atoms with Crippen molar-refractivity contribution in [2.24, 2.45) is 33.7 Å². The largest absolute Gasteiger partial charge is 0.469 e. The number of hydrogen-bond acceptors (Lipinski definition) is 8. The van der Waals surface area contributed by atoms with Crippen molar-refractivity contribution < 1.29 is 28.7 Å². The highest BCUT2D eigenvalue weighted by Gasteiger charge is 2.45. The van der Waals surface area contributed by atoms with Crippen molar-refractivity contribution in [2.75, 3.05) is 27.3 Å². The van der Waals surface area contributed by atoms with Gasteiger partial charge in [0.05, 0.1) is 38.6 Å². The number of likely N-dealkylation sites (tertiary alicyclic amines) is 2. The minimum atomic E-state index is -0.655. The summed E-state index contributed by atoms with van der Waals surface area (Å²) in [5.74, 6) is 0.770. The molecule has 6 aliphatic rings. The number of allylic oxidation sites excluding steroid dienone is 2. The van der Waals surface area contributed by atoms with Crippen molar-refractivity contribution in [3.63, 3.8) is 0 Å². The maximum Gasteiger partial charge on any atom is 0.407 e.